The molecule has 4 nitrogen and oxygen atoms in total. The van der Waals surface area contributed by atoms with Crippen molar-refractivity contribution in [2.24, 2.45) is 0 Å². The molecule has 0 aliphatic carbocycles. The Morgan fingerprint density at radius 1 is 1.25 bits per heavy atom. The molecule has 1 heterocycles. The second kappa shape index (κ2) is 4.81. The van der Waals surface area contributed by atoms with E-state index in [0.717, 1.165) is 17.1 Å². The van der Waals surface area contributed by atoms with Crippen LogP contribution in [-0.4, -0.2) is 24.0 Å². The molecule has 0 aliphatic heterocycles. The first-order chi connectivity index (χ1) is 7.83. The number of aromatic nitrogens is 2. The highest BCUT2D eigenvalue weighted by Gasteiger charge is 2.01. The first-order valence-corrected chi connectivity index (χ1v) is 5.01. The van der Waals surface area contributed by atoms with Crippen LogP contribution in [0.25, 0.3) is 5.69 Å². The van der Waals surface area contributed by atoms with Gasteiger partial charge in [0.2, 0.25) is 0 Å². The zero-order valence-electron chi connectivity index (χ0n) is 9.38. The molecule has 4 heteroatoms. The Kier molecular flexibility index (Phi) is 3.22. The van der Waals surface area contributed by atoms with Crippen LogP contribution in [0, 0.1) is 0 Å². The molecule has 2 rings (SSSR count). The van der Waals surface area contributed by atoms with Gasteiger partial charge >= 0.3 is 0 Å². The van der Waals surface area contributed by atoms with Crippen LogP contribution >= 0.6 is 0 Å². The Balaban J connectivity index is 2.27. The number of rotatable bonds is 4. The Morgan fingerprint density at radius 2 is 2.12 bits per heavy atom. The van der Waals surface area contributed by atoms with Crippen LogP contribution in [-0.2, 0) is 11.3 Å². The standard InChI is InChI=1S/C12H14N2O2/c1-15-9-10-6-7-14(13-10)11-4-3-5-12(8-11)16-2/h3-8H,9H2,1-2H3. The van der Waals surface area contributed by atoms with Gasteiger partial charge in [-0.15, -0.1) is 0 Å². The third-order valence-electron chi connectivity index (χ3n) is 2.25. The van der Waals surface area contributed by atoms with Crippen LogP contribution < -0.4 is 4.74 Å². The Labute approximate surface area is 94.4 Å². The molecule has 0 bridgehead atoms. The van der Waals surface area contributed by atoms with Crippen LogP contribution in [0.2, 0.25) is 0 Å². The summed E-state index contributed by atoms with van der Waals surface area (Å²) in [5, 5.41) is 4.38. The third-order valence-corrected chi connectivity index (χ3v) is 2.25. The molecule has 0 amide bonds. The van der Waals surface area contributed by atoms with Gasteiger partial charge in [0.15, 0.2) is 0 Å². The van der Waals surface area contributed by atoms with E-state index in [9.17, 15) is 0 Å². The van der Waals surface area contributed by atoms with Gasteiger partial charge in [0.25, 0.3) is 0 Å². The van der Waals surface area contributed by atoms with Gasteiger partial charge in [0, 0.05) is 19.4 Å². The van der Waals surface area contributed by atoms with E-state index >= 15 is 0 Å². The minimum Gasteiger partial charge on any atom is -0.497 e. The largest absolute Gasteiger partial charge is 0.497 e. The smallest absolute Gasteiger partial charge is 0.121 e. The zero-order valence-corrected chi connectivity index (χ0v) is 9.38. The summed E-state index contributed by atoms with van der Waals surface area (Å²) in [6.07, 6.45) is 1.91. The van der Waals surface area contributed by atoms with Gasteiger partial charge in [-0.1, -0.05) is 6.07 Å². The monoisotopic (exact) mass is 218 g/mol. The molecule has 0 unspecified atom stereocenters. The SMILES string of the molecule is COCc1ccn(-c2cccc(OC)c2)n1. The van der Waals surface area contributed by atoms with Crippen molar-refractivity contribution in [3.63, 3.8) is 0 Å². The second-order valence-electron chi connectivity index (χ2n) is 3.39. The van der Waals surface area contributed by atoms with E-state index in [4.69, 9.17) is 9.47 Å². The van der Waals surface area contributed by atoms with Gasteiger partial charge in [0.05, 0.1) is 25.1 Å². The van der Waals surface area contributed by atoms with E-state index in [1.165, 1.54) is 0 Å². The molecule has 0 saturated carbocycles. The van der Waals surface area contributed by atoms with Crippen molar-refractivity contribution in [2.75, 3.05) is 14.2 Å². The van der Waals surface area contributed by atoms with Gasteiger partial charge in [0.1, 0.15) is 5.75 Å². The highest BCUT2D eigenvalue weighted by Crippen LogP contribution is 2.15. The molecule has 84 valence electrons. The summed E-state index contributed by atoms with van der Waals surface area (Å²) in [5.74, 6) is 0.821. The summed E-state index contributed by atoms with van der Waals surface area (Å²) in [7, 11) is 3.31. The van der Waals surface area contributed by atoms with Gasteiger partial charge in [-0.25, -0.2) is 4.68 Å². The summed E-state index contributed by atoms with van der Waals surface area (Å²) in [6, 6.07) is 9.69. The number of hydrogen-bond donors (Lipinski definition) is 0. The Bertz CT molecular complexity index is 466. The van der Waals surface area contributed by atoms with Crippen molar-refractivity contribution in [2.45, 2.75) is 6.61 Å². The highest BCUT2D eigenvalue weighted by molar-refractivity contribution is 5.38. The zero-order chi connectivity index (χ0) is 11.4. The maximum atomic E-state index is 5.16. The molecule has 1 aromatic heterocycles. The van der Waals surface area contributed by atoms with Gasteiger partial charge in [-0.2, -0.15) is 5.10 Å². The molecule has 0 aliphatic rings. The topological polar surface area (TPSA) is 36.3 Å². The predicted molar refractivity (Wildman–Crippen MR) is 60.8 cm³/mol. The first kappa shape index (κ1) is 10.7. The fourth-order valence-corrected chi connectivity index (χ4v) is 1.48. The van der Waals surface area contributed by atoms with Gasteiger partial charge in [-0.3, -0.25) is 0 Å². The minimum atomic E-state index is 0.525. The lowest BCUT2D eigenvalue weighted by molar-refractivity contribution is 0.181. The summed E-state index contributed by atoms with van der Waals surface area (Å²) < 4.78 is 12.0. The lowest BCUT2D eigenvalue weighted by Crippen LogP contribution is -1.97. The fourth-order valence-electron chi connectivity index (χ4n) is 1.48. The predicted octanol–water partition coefficient (Wildman–Crippen LogP) is 2.03. The van der Waals surface area contributed by atoms with Crippen LogP contribution in [0.5, 0.6) is 5.75 Å². The third kappa shape index (κ3) is 2.23. The number of ether oxygens (including phenoxy) is 2. The molecule has 0 N–H and O–H groups in total. The fraction of sp³-hybridized carbons (Fsp3) is 0.250. The van der Waals surface area contributed by atoms with Crippen molar-refractivity contribution in [1.82, 2.24) is 9.78 Å². The van der Waals surface area contributed by atoms with Crippen molar-refractivity contribution in [1.29, 1.82) is 0 Å². The van der Waals surface area contributed by atoms with E-state index in [2.05, 4.69) is 5.10 Å². The summed E-state index contributed by atoms with van der Waals surface area (Å²) >= 11 is 0. The Hall–Kier alpha value is -1.81. The molecule has 0 radical (unpaired) electrons. The number of benzene rings is 1. The molecule has 0 fully saturated rings. The molecule has 16 heavy (non-hydrogen) atoms. The van der Waals surface area contributed by atoms with Gasteiger partial charge < -0.3 is 9.47 Å². The van der Waals surface area contributed by atoms with Crippen LogP contribution in [0.1, 0.15) is 5.69 Å². The average Bonchev–Trinajstić information content (AvgIpc) is 2.78. The van der Waals surface area contributed by atoms with E-state index in [-0.39, 0.29) is 0 Å². The number of hydrogen-bond acceptors (Lipinski definition) is 3. The van der Waals surface area contributed by atoms with Crippen LogP contribution in [0.15, 0.2) is 36.5 Å². The molecule has 1 aromatic carbocycles. The van der Waals surface area contributed by atoms with Gasteiger partial charge in [-0.05, 0) is 18.2 Å². The molecular weight excluding hydrogens is 204 g/mol. The lowest BCUT2D eigenvalue weighted by Gasteiger charge is -2.04. The van der Waals surface area contributed by atoms with Crippen molar-refractivity contribution in [3.8, 4) is 11.4 Å². The second-order valence-corrected chi connectivity index (χ2v) is 3.39. The lowest BCUT2D eigenvalue weighted by atomic mass is 10.3. The average molecular weight is 218 g/mol. The Morgan fingerprint density at radius 3 is 2.88 bits per heavy atom. The highest BCUT2D eigenvalue weighted by atomic mass is 16.5. The van der Waals surface area contributed by atoms with E-state index < -0.39 is 0 Å². The summed E-state index contributed by atoms with van der Waals surface area (Å²) in [6.45, 7) is 0.525. The maximum absolute atomic E-state index is 5.16. The normalized spacial score (nSPS) is 10.4. The van der Waals surface area contributed by atoms with Crippen molar-refractivity contribution < 1.29 is 9.47 Å². The molecule has 0 saturated heterocycles. The molecular formula is C12H14N2O2. The van der Waals surface area contributed by atoms with E-state index in [0.29, 0.717) is 6.61 Å². The summed E-state index contributed by atoms with van der Waals surface area (Å²) in [5.41, 5.74) is 1.88. The molecule has 0 atom stereocenters. The molecule has 0 spiro atoms. The molecule has 2 aromatic rings. The number of methoxy groups -OCH3 is 2. The van der Waals surface area contributed by atoms with E-state index in [1.54, 1.807) is 18.9 Å². The summed E-state index contributed by atoms with van der Waals surface area (Å²) in [4.78, 5) is 0. The quantitative estimate of drug-likeness (QED) is 0.787. The van der Waals surface area contributed by atoms with Crippen molar-refractivity contribution >= 4 is 0 Å². The maximum Gasteiger partial charge on any atom is 0.121 e. The van der Waals surface area contributed by atoms with Crippen molar-refractivity contribution in [3.05, 3.63) is 42.2 Å². The minimum absolute atomic E-state index is 0.525. The number of nitrogens with zero attached hydrogens (tertiary/aromatic N) is 2. The van der Waals surface area contributed by atoms with Crippen LogP contribution in [0.3, 0.4) is 0 Å². The van der Waals surface area contributed by atoms with Crippen LogP contribution in [0.4, 0.5) is 0 Å². The first-order valence-electron chi connectivity index (χ1n) is 5.01. The van der Waals surface area contributed by atoms with E-state index in [1.807, 2.05) is 36.5 Å².